The van der Waals surface area contributed by atoms with E-state index in [1.807, 2.05) is 12.3 Å². The van der Waals surface area contributed by atoms with E-state index < -0.39 is 0 Å². The average molecular weight is 493 g/mol. The van der Waals surface area contributed by atoms with Crippen LogP contribution in [-0.2, 0) is 5.41 Å². The average Bonchev–Trinajstić information content (AvgIpc) is 3.47. The minimum absolute atomic E-state index is 0.0445. The monoisotopic (exact) mass is 494 g/mol. The summed E-state index contributed by atoms with van der Waals surface area (Å²) in [7, 11) is 0. The summed E-state index contributed by atoms with van der Waals surface area (Å²) in [5, 5.41) is 2.44. The number of carbonyl (C=O) groups is 2. The van der Waals surface area contributed by atoms with E-state index in [4.69, 9.17) is 4.98 Å². The van der Waals surface area contributed by atoms with Gasteiger partial charge in [0.05, 0.1) is 0 Å². The quantitative estimate of drug-likeness (QED) is 0.180. The van der Waals surface area contributed by atoms with E-state index in [1.54, 1.807) is 24.3 Å². The van der Waals surface area contributed by atoms with Gasteiger partial charge in [-0.3, -0.25) is 0 Å². The van der Waals surface area contributed by atoms with Crippen molar-refractivity contribution in [1.29, 1.82) is 0 Å². The third-order valence-corrected chi connectivity index (χ3v) is 9.21. The third kappa shape index (κ3) is 2.33. The molecule has 1 aliphatic heterocycles. The maximum atomic E-state index is 13.0. The second-order valence-electron chi connectivity index (χ2n) is 9.16. The Hall–Kier alpha value is -3.53. The Morgan fingerprint density at radius 1 is 0.909 bits per heavy atom. The Morgan fingerprint density at radius 2 is 1.61 bits per heavy atom. The zero-order valence-electron chi connectivity index (χ0n) is 18.0. The third-order valence-electron chi connectivity index (χ3n) is 6.98. The normalized spacial score (nSPS) is 15.9. The molecular formula is C28H18N2O2Se. The first-order valence-electron chi connectivity index (χ1n) is 10.9. The number of fused-ring (bicyclic) bond motifs is 6. The van der Waals surface area contributed by atoms with E-state index in [0.29, 0.717) is 11.1 Å². The summed E-state index contributed by atoms with van der Waals surface area (Å²) < 4.78 is 4.67. The Labute approximate surface area is 195 Å². The van der Waals surface area contributed by atoms with Crippen LogP contribution in [0.1, 0.15) is 50.3 Å². The van der Waals surface area contributed by atoms with Crippen LogP contribution in [0.4, 0.5) is 0 Å². The molecule has 0 saturated heterocycles. The molecule has 0 radical (unpaired) electrons. The number of carbonyl (C=O) groups excluding carboxylic acids is 2. The van der Waals surface area contributed by atoms with Crippen LogP contribution in [0.5, 0.6) is 0 Å². The maximum absolute atomic E-state index is 13.0. The van der Waals surface area contributed by atoms with Gasteiger partial charge in [0.1, 0.15) is 0 Å². The van der Waals surface area contributed by atoms with Crippen LogP contribution in [0.3, 0.4) is 0 Å². The first-order valence-corrected chi connectivity index (χ1v) is 12.6. The van der Waals surface area contributed by atoms with Gasteiger partial charge in [0.25, 0.3) is 0 Å². The number of nitrogens with zero attached hydrogens (tertiary/aromatic N) is 2. The van der Waals surface area contributed by atoms with Crippen molar-refractivity contribution in [3.63, 3.8) is 0 Å². The fraction of sp³-hybridized carbons (Fsp3) is 0.107. The predicted molar refractivity (Wildman–Crippen MR) is 131 cm³/mol. The fourth-order valence-electron chi connectivity index (χ4n) is 5.34. The van der Waals surface area contributed by atoms with Gasteiger partial charge >= 0.3 is 196 Å². The summed E-state index contributed by atoms with van der Waals surface area (Å²) in [4.78, 5) is 30.8. The van der Waals surface area contributed by atoms with Crippen LogP contribution in [0, 0.1) is 0 Å². The van der Waals surface area contributed by atoms with Gasteiger partial charge < -0.3 is 0 Å². The SMILES string of the molecule is CC1(C)c2cc(C=C3C(=O)c4ccccc4C3=O)[se]c2-n2c3ccccc3c3ccnc1c32. The van der Waals surface area contributed by atoms with E-state index >= 15 is 0 Å². The molecule has 7 rings (SSSR count). The van der Waals surface area contributed by atoms with Crippen LogP contribution >= 0.6 is 0 Å². The molecule has 0 amide bonds. The number of hydrogen-bond acceptors (Lipinski definition) is 3. The molecular weight excluding hydrogens is 475 g/mol. The van der Waals surface area contributed by atoms with Crippen molar-refractivity contribution in [2.24, 2.45) is 0 Å². The van der Waals surface area contributed by atoms with Gasteiger partial charge in [0, 0.05) is 0 Å². The summed E-state index contributed by atoms with van der Waals surface area (Å²) in [6.45, 7) is 4.44. The van der Waals surface area contributed by atoms with E-state index in [1.165, 1.54) is 31.9 Å². The van der Waals surface area contributed by atoms with Crippen LogP contribution in [0.15, 0.2) is 72.4 Å². The summed E-state index contributed by atoms with van der Waals surface area (Å²) in [6.07, 6.45) is 3.74. The molecule has 4 heterocycles. The number of allylic oxidation sites excluding steroid dienone is 1. The molecule has 0 fully saturated rings. The van der Waals surface area contributed by atoms with Crippen molar-refractivity contribution in [3.05, 3.63) is 99.3 Å². The molecule has 0 spiro atoms. The molecule has 4 nitrogen and oxygen atoms in total. The topological polar surface area (TPSA) is 52.0 Å². The molecule has 0 bridgehead atoms. The molecule has 0 N–H and O–H groups in total. The van der Waals surface area contributed by atoms with Crippen LogP contribution < -0.4 is 0 Å². The van der Waals surface area contributed by atoms with Crippen molar-refractivity contribution in [2.45, 2.75) is 19.3 Å². The number of pyridine rings is 1. The van der Waals surface area contributed by atoms with Gasteiger partial charge in [-0.15, -0.1) is 0 Å². The standard InChI is InChI=1S/C28H18N2O2Se/c1-28(2)21-14-15(13-20-24(31)18-8-3-4-9-19(18)25(20)32)33-27(21)30-22-10-6-5-7-16(22)17-11-12-29-26(28)23(17)30/h3-14H,1-2H3. The number of aromatic nitrogens is 2. The van der Waals surface area contributed by atoms with Gasteiger partial charge in [-0.05, 0) is 0 Å². The number of benzene rings is 2. The summed E-state index contributed by atoms with van der Waals surface area (Å²) in [5.74, 6) is -0.342. The Kier molecular flexibility index (Phi) is 3.62. The van der Waals surface area contributed by atoms with Crippen molar-refractivity contribution in [2.75, 3.05) is 0 Å². The second-order valence-corrected chi connectivity index (χ2v) is 11.4. The predicted octanol–water partition coefficient (Wildman–Crippen LogP) is 5.34. The molecule has 2 aromatic carbocycles. The summed E-state index contributed by atoms with van der Waals surface area (Å²) in [5.41, 5.74) is 5.66. The number of para-hydroxylation sites is 1. The summed E-state index contributed by atoms with van der Waals surface area (Å²) in [6, 6.07) is 19.9. The van der Waals surface area contributed by atoms with Gasteiger partial charge in [0.2, 0.25) is 0 Å². The molecule has 0 atom stereocenters. The zero-order valence-corrected chi connectivity index (χ0v) is 19.8. The molecule has 2 aliphatic rings. The number of ketones is 2. The number of Topliss-reactive ketones (excluding diaryl/α,β-unsaturated/α-hetero) is 2. The summed E-state index contributed by atoms with van der Waals surface area (Å²) >= 11 is -0.0445. The molecule has 5 aromatic rings. The molecule has 3 aromatic heterocycles. The van der Waals surface area contributed by atoms with E-state index in [2.05, 4.69) is 54.8 Å². The Morgan fingerprint density at radius 3 is 2.36 bits per heavy atom. The first-order chi connectivity index (χ1) is 16.0. The van der Waals surface area contributed by atoms with E-state index in [9.17, 15) is 9.59 Å². The van der Waals surface area contributed by atoms with Gasteiger partial charge in [-0.1, -0.05) is 0 Å². The number of rotatable bonds is 1. The minimum atomic E-state index is -0.270. The second kappa shape index (κ2) is 6.28. The molecule has 0 saturated carbocycles. The molecule has 5 heteroatoms. The number of hydrogen-bond donors (Lipinski definition) is 0. The van der Waals surface area contributed by atoms with Gasteiger partial charge in [0.15, 0.2) is 0 Å². The Balaban J connectivity index is 1.49. The van der Waals surface area contributed by atoms with Crippen LogP contribution in [0.2, 0.25) is 0 Å². The molecule has 1 aliphatic carbocycles. The molecule has 0 unspecified atom stereocenters. The van der Waals surface area contributed by atoms with Crippen LogP contribution in [-0.4, -0.2) is 35.6 Å². The van der Waals surface area contributed by atoms with Crippen molar-refractivity contribution >= 4 is 54.0 Å². The first kappa shape index (κ1) is 19.0. The van der Waals surface area contributed by atoms with E-state index in [-0.39, 0.29) is 37.1 Å². The molecule has 158 valence electrons. The van der Waals surface area contributed by atoms with Crippen molar-refractivity contribution in [1.82, 2.24) is 9.55 Å². The zero-order chi connectivity index (χ0) is 22.5. The van der Waals surface area contributed by atoms with Crippen molar-refractivity contribution in [3.8, 4) is 4.56 Å². The Bertz CT molecular complexity index is 1690. The van der Waals surface area contributed by atoms with Crippen LogP contribution in [0.25, 0.3) is 32.4 Å². The van der Waals surface area contributed by atoms with Gasteiger partial charge in [-0.2, -0.15) is 0 Å². The van der Waals surface area contributed by atoms with Crippen molar-refractivity contribution < 1.29 is 9.59 Å². The van der Waals surface area contributed by atoms with Gasteiger partial charge in [-0.25, -0.2) is 0 Å². The fourth-order valence-corrected chi connectivity index (χ4v) is 8.03. The molecule has 33 heavy (non-hydrogen) atoms. The van der Waals surface area contributed by atoms with E-state index in [0.717, 1.165) is 10.1 Å².